The van der Waals surface area contributed by atoms with Crippen molar-refractivity contribution >= 4 is 29.5 Å². The van der Waals surface area contributed by atoms with Gasteiger partial charge in [0.15, 0.2) is 6.10 Å². The molecule has 4 unspecified atom stereocenters. The summed E-state index contributed by atoms with van der Waals surface area (Å²) in [6.07, 6.45) is 1.34. The van der Waals surface area contributed by atoms with Crippen molar-refractivity contribution in [2.24, 2.45) is 0 Å². The molecule has 0 saturated carbocycles. The second-order valence-electron chi connectivity index (χ2n) is 11.9. The van der Waals surface area contributed by atoms with Crippen molar-refractivity contribution in [1.29, 1.82) is 0 Å². The van der Waals surface area contributed by atoms with E-state index in [0.717, 1.165) is 30.4 Å². The predicted octanol–water partition coefficient (Wildman–Crippen LogP) is 4.28. The number of aliphatic hydroxyl groups excluding tert-OH is 1. The summed E-state index contributed by atoms with van der Waals surface area (Å²) in [4.78, 5) is 42.7. The zero-order valence-corrected chi connectivity index (χ0v) is 25.6. The number of nitrogens with zero attached hydrogens (tertiary/aromatic N) is 1. The second kappa shape index (κ2) is 12.8. The number of carbonyl (C=O) groups excluding carboxylic acids is 3. The fourth-order valence-electron chi connectivity index (χ4n) is 6.13. The third-order valence-electron chi connectivity index (χ3n) is 8.56. The van der Waals surface area contributed by atoms with E-state index in [1.54, 1.807) is 19.1 Å². The number of phenols is 1. The third kappa shape index (κ3) is 6.58. The summed E-state index contributed by atoms with van der Waals surface area (Å²) in [5.74, 6) is -1.16. The van der Waals surface area contributed by atoms with Gasteiger partial charge in [-0.25, -0.2) is 0 Å². The summed E-state index contributed by atoms with van der Waals surface area (Å²) in [6, 6.07) is 20.1. The van der Waals surface area contributed by atoms with Crippen LogP contribution in [0.25, 0.3) is 0 Å². The highest BCUT2D eigenvalue weighted by Gasteiger charge is 2.50. The maximum atomic E-state index is 14.0. The second-order valence-corrected chi connectivity index (χ2v) is 13.5. The topological polar surface area (TPSA) is 119 Å². The maximum Gasteiger partial charge on any atom is 0.254 e. The fraction of sp³-hybridized carbons (Fsp3) is 0.382. The number of hydrogen-bond donors (Lipinski definition) is 4. The SMILES string of the molecule is Cc1c(O)cccc1C(=O)NC(Cc1ccccc1)C(O)C(=O)N1CSC(C)(C)C1C(=O)NC1CCCc2ccccc21. The van der Waals surface area contributed by atoms with Crippen LogP contribution < -0.4 is 10.6 Å². The van der Waals surface area contributed by atoms with E-state index < -0.39 is 34.7 Å². The van der Waals surface area contributed by atoms with E-state index in [1.807, 2.05) is 62.4 Å². The molecule has 1 aliphatic heterocycles. The van der Waals surface area contributed by atoms with Crippen molar-refractivity contribution in [3.8, 4) is 5.75 Å². The summed E-state index contributed by atoms with van der Waals surface area (Å²) in [7, 11) is 0. The van der Waals surface area contributed by atoms with E-state index in [0.29, 0.717) is 5.56 Å². The summed E-state index contributed by atoms with van der Waals surface area (Å²) >= 11 is 1.49. The van der Waals surface area contributed by atoms with E-state index in [1.165, 1.54) is 28.3 Å². The molecule has 0 aromatic heterocycles. The highest BCUT2D eigenvalue weighted by atomic mass is 32.2. The number of fused-ring (bicyclic) bond motifs is 1. The number of rotatable bonds is 8. The summed E-state index contributed by atoms with van der Waals surface area (Å²) in [6.45, 7) is 5.50. The molecule has 1 fully saturated rings. The minimum atomic E-state index is -1.61. The Hall–Kier alpha value is -3.82. The molecule has 4 N–H and O–H groups in total. The Kier molecular flexibility index (Phi) is 9.13. The van der Waals surface area contributed by atoms with Crippen LogP contribution in [0, 0.1) is 6.92 Å². The molecular formula is C34H39N3O5S. The first-order chi connectivity index (χ1) is 20.6. The lowest BCUT2D eigenvalue weighted by Crippen LogP contribution is -2.59. The number of nitrogens with one attached hydrogen (secondary N) is 2. The molecule has 5 rings (SSSR count). The van der Waals surface area contributed by atoms with E-state index in [4.69, 9.17) is 0 Å². The number of phenolic OH excluding ortho intramolecular Hbond substituents is 1. The third-order valence-corrected chi connectivity index (χ3v) is 9.94. The van der Waals surface area contributed by atoms with Crippen LogP contribution in [0.2, 0.25) is 0 Å². The number of thioether (sulfide) groups is 1. The first-order valence-corrected chi connectivity index (χ1v) is 15.7. The largest absolute Gasteiger partial charge is 0.508 e. The summed E-state index contributed by atoms with van der Waals surface area (Å²) in [5, 5.41) is 27.7. The van der Waals surface area contributed by atoms with Crippen molar-refractivity contribution in [3.63, 3.8) is 0 Å². The molecule has 8 nitrogen and oxygen atoms in total. The van der Waals surface area contributed by atoms with Crippen LogP contribution in [0.4, 0.5) is 0 Å². The van der Waals surface area contributed by atoms with Crippen molar-refractivity contribution in [2.75, 3.05) is 5.88 Å². The van der Waals surface area contributed by atoms with Gasteiger partial charge in [-0.15, -0.1) is 11.8 Å². The number of amides is 3. The molecule has 0 radical (unpaired) electrons. The van der Waals surface area contributed by atoms with E-state index in [-0.39, 0.29) is 35.6 Å². The zero-order valence-electron chi connectivity index (χ0n) is 24.7. The van der Waals surface area contributed by atoms with Crippen LogP contribution >= 0.6 is 11.8 Å². The highest BCUT2D eigenvalue weighted by molar-refractivity contribution is 8.00. The number of aryl methyl sites for hydroxylation is 1. The van der Waals surface area contributed by atoms with Crippen molar-refractivity contribution < 1.29 is 24.6 Å². The zero-order chi connectivity index (χ0) is 30.7. The minimum absolute atomic E-state index is 0.0188. The number of benzene rings is 3. The quantitative estimate of drug-likeness (QED) is 0.306. The molecule has 3 aromatic rings. The Balaban J connectivity index is 1.38. The lowest BCUT2D eigenvalue weighted by atomic mass is 9.87. The Labute approximate surface area is 256 Å². The van der Waals surface area contributed by atoms with Crippen LogP contribution in [0.1, 0.15) is 65.3 Å². The van der Waals surface area contributed by atoms with Gasteiger partial charge in [0.1, 0.15) is 11.8 Å². The van der Waals surface area contributed by atoms with Gasteiger partial charge in [-0.2, -0.15) is 0 Å². The standard InChI is InChI=1S/C34H39N3O5S/c1-21-24(16-10-18-28(21)38)31(40)36-27(19-22-11-5-4-6-12-22)29(39)33(42)37-20-43-34(2,3)30(37)32(41)35-26-17-9-14-23-13-7-8-15-25(23)26/h4-8,10-13,15-16,18,26-27,29-30,38-39H,9,14,17,19-20H2,1-3H3,(H,35,41)(H,36,40). The van der Waals surface area contributed by atoms with Crippen LogP contribution in [0.5, 0.6) is 5.75 Å². The molecule has 0 spiro atoms. The number of carbonyl (C=O) groups is 3. The molecule has 43 heavy (non-hydrogen) atoms. The number of aromatic hydroxyl groups is 1. The average Bonchev–Trinajstić information content (AvgIpc) is 3.32. The van der Waals surface area contributed by atoms with Gasteiger partial charge < -0.3 is 25.7 Å². The Morgan fingerprint density at radius 3 is 2.51 bits per heavy atom. The highest BCUT2D eigenvalue weighted by Crippen LogP contribution is 2.40. The molecule has 1 saturated heterocycles. The molecule has 226 valence electrons. The van der Waals surface area contributed by atoms with Gasteiger partial charge in [0.25, 0.3) is 11.8 Å². The minimum Gasteiger partial charge on any atom is -0.508 e. The lowest BCUT2D eigenvalue weighted by Gasteiger charge is -2.35. The van der Waals surface area contributed by atoms with Crippen molar-refractivity contribution in [2.45, 2.75) is 75.4 Å². The monoisotopic (exact) mass is 601 g/mol. The van der Waals surface area contributed by atoms with E-state index in [2.05, 4.69) is 16.7 Å². The van der Waals surface area contributed by atoms with Crippen LogP contribution in [0.3, 0.4) is 0 Å². The van der Waals surface area contributed by atoms with Crippen molar-refractivity contribution in [1.82, 2.24) is 15.5 Å². The van der Waals surface area contributed by atoms with Crippen LogP contribution in [-0.4, -0.2) is 61.6 Å². The van der Waals surface area contributed by atoms with Gasteiger partial charge >= 0.3 is 0 Å². The van der Waals surface area contributed by atoms with E-state index in [9.17, 15) is 24.6 Å². The fourth-order valence-corrected chi connectivity index (χ4v) is 7.27. The number of aliphatic hydroxyl groups is 1. The molecule has 9 heteroatoms. The van der Waals surface area contributed by atoms with Gasteiger partial charge in [0.2, 0.25) is 5.91 Å². The molecular weight excluding hydrogens is 562 g/mol. The Morgan fingerprint density at radius 2 is 1.74 bits per heavy atom. The predicted molar refractivity (Wildman–Crippen MR) is 168 cm³/mol. The van der Waals surface area contributed by atoms with Gasteiger partial charge in [-0.3, -0.25) is 14.4 Å². The summed E-state index contributed by atoms with van der Waals surface area (Å²) in [5.41, 5.74) is 3.81. The normalized spacial score (nSPS) is 20.5. The van der Waals surface area contributed by atoms with Crippen LogP contribution in [0.15, 0.2) is 72.8 Å². The Bertz CT molecular complexity index is 1490. The van der Waals surface area contributed by atoms with Gasteiger partial charge in [-0.1, -0.05) is 60.7 Å². The first kappa shape index (κ1) is 30.6. The number of hydrogen-bond acceptors (Lipinski definition) is 6. The molecule has 1 aliphatic carbocycles. The first-order valence-electron chi connectivity index (χ1n) is 14.7. The van der Waals surface area contributed by atoms with Gasteiger partial charge in [-0.05, 0) is 75.3 Å². The Morgan fingerprint density at radius 1 is 1.02 bits per heavy atom. The molecule has 4 atom stereocenters. The smallest absolute Gasteiger partial charge is 0.254 e. The van der Waals surface area contributed by atoms with Crippen LogP contribution in [-0.2, 0) is 22.4 Å². The summed E-state index contributed by atoms with van der Waals surface area (Å²) < 4.78 is -0.593. The van der Waals surface area contributed by atoms with Gasteiger partial charge in [0.05, 0.1) is 18.0 Å². The van der Waals surface area contributed by atoms with E-state index >= 15 is 0 Å². The van der Waals surface area contributed by atoms with Gasteiger partial charge in [0, 0.05) is 15.9 Å². The lowest BCUT2D eigenvalue weighted by molar-refractivity contribution is -0.147. The van der Waals surface area contributed by atoms with Crippen molar-refractivity contribution in [3.05, 3.63) is 101 Å². The molecule has 3 aromatic carbocycles. The molecule has 1 heterocycles. The molecule has 0 bridgehead atoms. The average molecular weight is 602 g/mol. The molecule has 2 aliphatic rings. The maximum absolute atomic E-state index is 14.0. The molecule has 3 amide bonds.